The molecule has 2 atom stereocenters. The molecular formula is C14H21N3S. The summed E-state index contributed by atoms with van der Waals surface area (Å²) in [6.07, 6.45) is 3.76. The van der Waals surface area contributed by atoms with Crippen LogP contribution in [-0.2, 0) is 0 Å². The lowest BCUT2D eigenvalue weighted by atomic mass is 9.80. The SMILES string of the molecule is CC1CC(C)CC(Nc2cccc(C(N)=S)n2)C1. The number of hydrogen-bond acceptors (Lipinski definition) is 3. The average Bonchev–Trinajstić information content (AvgIpc) is 2.27. The standard InChI is InChI=1S/C14H21N3S/c1-9-6-10(2)8-11(7-9)16-13-5-3-4-12(17-13)14(15)18/h3-5,9-11H,6-8H2,1-2H3,(H2,15,18)(H,16,17). The van der Waals surface area contributed by atoms with Crippen LogP contribution in [0, 0.1) is 11.8 Å². The van der Waals surface area contributed by atoms with Crippen molar-refractivity contribution in [1.29, 1.82) is 0 Å². The molecule has 0 aromatic carbocycles. The zero-order valence-electron chi connectivity index (χ0n) is 11.0. The summed E-state index contributed by atoms with van der Waals surface area (Å²) in [5, 5.41) is 3.51. The fraction of sp³-hybridized carbons (Fsp3) is 0.571. The molecule has 1 aliphatic rings. The number of nitrogens with zero attached hydrogens (tertiary/aromatic N) is 1. The molecule has 18 heavy (non-hydrogen) atoms. The third kappa shape index (κ3) is 3.42. The lowest BCUT2D eigenvalue weighted by Gasteiger charge is -2.32. The van der Waals surface area contributed by atoms with E-state index in [1.165, 1.54) is 19.3 Å². The van der Waals surface area contributed by atoms with Gasteiger partial charge < -0.3 is 11.1 Å². The van der Waals surface area contributed by atoms with E-state index >= 15 is 0 Å². The van der Waals surface area contributed by atoms with Gasteiger partial charge in [-0.25, -0.2) is 4.98 Å². The summed E-state index contributed by atoms with van der Waals surface area (Å²) in [7, 11) is 0. The number of aromatic nitrogens is 1. The van der Waals surface area contributed by atoms with Crippen LogP contribution in [0.3, 0.4) is 0 Å². The fourth-order valence-electron chi connectivity index (χ4n) is 2.93. The summed E-state index contributed by atoms with van der Waals surface area (Å²) in [5.41, 5.74) is 6.29. The van der Waals surface area contributed by atoms with Crippen molar-refractivity contribution in [3.63, 3.8) is 0 Å². The first kappa shape index (κ1) is 13.3. The Morgan fingerprint density at radius 2 is 1.94 bits per heavy atom. The molecule has 1 heterocycles. The van der Waals surface area contributed by atoms with Crippen molar-refractivity contribution in [2.45, 2.75) is 39.2 Å². The van der Waals surface area contributed by atoms with E-state index in [0.717, 1.165) is 17.7 Å². The predicted octanol–water partition coefficient (Wildman–Crippen LogP) is 2.95. The largest absolute Gasteiger partial charge is 0.388 e. The molecule has 1 aliphatic carbocycles. The number of nitrogens with one attached hydrogen (secondary N) is 1. The molecule has 0 bridgehead atoms. The zero-order valence-corrected chi connectivity index (χ0v) is 11.8. The highest BCUT2D eigenvalue weighted by Gasteiger charge is 2.23. The van der Waals surface area contributed by atoms with E-state index < -0.39 is 0 Å². The summed E-state index contributed by atoms with van der Waals surface area (Å²) >= 11 is 4.95. The Hall–Kier alpha value is -1.16. The first-order valence-corrected chi connectivity index (χ1v) is 6.99. The van der Waals surface area contributed by atoms with Crippen molar-refractivity contribution in [3.8, 4) is 0 Å². The minimum atomic E-state index is 0.351. The Morgan fingerprint density at radius 3 is 2.56 bits per heavy atom. The van der Waals surface area contributed by atoms with Crippen LogP contribution in [0.2, 0.25) is 0 Å². The van der Waals surface area contributed by atoms with Crippen LogP contribution in [0.25, 0.3) is 0 Å². The maximum atomic E-state index is 5.60. The summed E-state index contributed by atoms with van der Waals surface area (Å²) in [5.74, 6) is 2.45. The number of nitrogens with two attached hydrogens (primary N) is 1. The normalized spacial score (nSPS) is 27.8. The number of rotatable bonds is 3. The van der Waals surface area contributed by atoms with Crippen LogP contribution in [0.15, 0.2) is 18.2 Å². The average molecular weight is 263 g/mol. The summed E-state index contributed by atoms with van der Waals surface area (Å²) < 4.78 is 0. The van der Waals surface area contributed by atoms with E-state index in [1.807, 2.05) is 18.2 Å². The molecule has 0 spiro atoms. The molecule has 0 saturated heterocycles. The van der Waals surface area contributed by atoms with Gasteiger partial charge in [-0.3, -0.25) is 0 Å². The van der Waals surface area contributed by atoms with E-state index in [-0.39, 0.29) is 0 Å². The third-order valence-electron chi connectivity index (χ3n) is 3.53. The van der Waals surface area contributed by atoms with Crippen LogP contribution < -0.4 is 11.1 Å². The van der Waals surface area contributed by atoms with E-state index in [4.69, 9.17) is 18.0 Å². The van der Waals surface area contributed by atoms with Crippen molar-refractivity contribution < 1.29 is 0 Å². The maximum Gasteiger partial charge on any atom is 0.126 e. The number of pyridine rings is 1. The van der Waals surface area contributed by atoms with E-state index in [1.54, 1.807) is 0 Å². The van der Waals surface area contributed by atoms with Gasteiger partial charge in [0.15, 0.2) is 0 Å². The van der Waals surface area contributed by atoms with Gasteiger partial charge in [-0.05, 0) is 43.2 Å². The molecule has 0 amide bonds. The lowest BCUT2D eigenvalue weighted by molar-refractivity contribution is 0.280. The van der Waals surface area contributed by atoms with Gasteiger partial charge in [0.2, 0.25) is 0 Å². The van der Waals surface area contributed by atoms with Gasteiger partial charge in [0, 0.05) is 6.04 Å². The van der Waals surface area contributed by atoms with Crippen LogP contribution in [-0.4, -0.2) is 16.0 Å². The van der Waals surface area contributed by atoms with Crippen LogP contribution >= 0.6 is 12.2 Å². The highest BCUT2D eigenvalue weighted by atomic mass is 32.1. The molecule has 0 radical (unpaired) electrons. The van der Waals surface area contributed by atoms with Gasteiger partial charge in [0.1, 0.15) is 10.8 Å². The number of thiocarbonyl (C=S) groups is 1. The molecular weight excluding hydrogens is 242 g/mol. The highest BCUT2D eigenvalue weighted by Crippen LogP contribution is 2.30. The first-order valence-electron chi connectivity index (χ1n) is 6.58. The molecule has 3 nitrogen and oxygen atoms in total. The second kappa shape index (κ2) is 5.65. The molecule has 0 aliphatic heterocycles. The topological polar surface area (TPSA) is 50.9 Å². The molecule has 98 valence electrons. The van der Waals surface area contributed by atoms with Crippen LogP contribution in [0.5, 0.6) is 0 Å². The Bertz CT molecular complexity index is 423. The van der Waals surface area contributed by atoms with Crippen LogP contribution in [0.4, 0.5) is 5.82 Å². The number of anilines is 1. The quantitative estimate of drug-likeness (QED) is 0.823. The van der Waals surface area contributed by atoms with Crippen molar-refractivity contribution in [2.24, 2.45) is 17.6 Å². The Morgan fingerprint density at radius 1 is 1.28 bits per heavy atom. The molecule has 2 unspecified atom stereocenters. The molecule has 1 saturated carbocycles. The second-order valence-electron chi connectivity index (χ2n) is 5.53. The predicted molar refractivity (Wildman–Crippen MR) is 79.7 cm³/mol. The van der Waals surface area contributed by atoms with Gasteiger partial charge in [0.05, 0.1) is 5.69 Å². The highest BCUT2D eigenvalue weighted by molar-refractivity contribution is 7.80. The Kier molecular flexibility index (Phi) is 4.17. The van der Waals surface area contributed by atoms with Gasteiger partial charge in [-0.1, -0.05) is 32.1 Å². The molecule has 1 aromatic rings. The molecule has 1 fully saturated rings. The first-order chi connectivity index (χ1) is 8.54. The summed E-state index contributed by atoms with van der Waals surface area (Å²) in [6.45, 7) is 4.65. The zero-order chi connectivity index (χ0) is 13.1. The number of hydrogen-bond donors (Lipinski definition) is 2. The minimum absolute atomic E-state index is 0.351. The fourth-order valence-corrected chi connectivity index (χ4v) is 3.04. The second-order valence-corrected chi connectivity index (χ2v) is 5.97. The summed E-state index contributed by atoms with van der Waals surface area (Å²) in [6, 6.07) is 6.28. The van der Waals surface area contributed by atoms with Gasteiger partial charge in [0.25, 0.3) is 0 Å². The van der Waals surface area contributed by atoms with E-state index in [0.29, 0.717) is 16.7 Å². The lowest BCUT2D eigenvalue weighted by Crippen LogP contribution is -2.30. The smallest absolute Gasteiger partial charge is 0.126 e. The molecule has 1 aromatic heterocycles. The minimum Gasteiger partial charge on any atom is -0.388 e. The van der Waals surface area contributed by atoms with Gasteiger partial charge in [-0.15, -0.1) is 0 Å². The van der Waals surface area contributed by atoms with Gasteiger partial charge in [-0.2, -0.15) is 0 Å². The summed E-state index contributed by atoms with van der Waals surface area (Å²) in [4.78, 5) is 4.79. The third-order valence-corrected chi connectivity index (χ3v) is 3.74. The maximum absolute atomic E-state index is 5.60. The van der Waals surface area contributed by atoms with Crippen molar-refractivity contribution in [2.75, 3.05) is 5.32 Å². The Labute approximate surface area is 114 Å². The van der Waals surface area contributed by atoms with Crippen molar-refractivity contribution in [3.05, 3.63) is 23.9 Å². The van der Waals surface area contributed by atoms with Crippen molar-refractivity contribution in [1.82, 2.24) is 4.98 Å². The van der Waals surface area contributed by atoms with E-state index in [9.17, 15) is 0 Å². The Balaban J connectivity index is 2.04. The van der Waals surface area contributed by atoms with Gasteiger partial charge >= 0.3 is 0 Å². The molecule has 2 rings (SSSR count). The van der Waals surface area contributed by atoms with E-state index in [2.05, 4.69) is 24.1 Å². The van der Waals surface area contributed by atoms with Crippen molar-refractivity contribution >= 4 is 23.0 Å². The monoisotopic (exact) mass is 263 g/mol. The molecule has 4 heteroatoms. The van der Waals surface area contributed by atoms with Crippen LogP contribution in [0.1, 0.15) is 38.8 Å². The molecule has 3 N–H and O–H groups in total.